The van der Waals surface area contributed by atoms with E-state index in [0.29, 0.717) is 13.0 Å². The molecule has 0 spiro atoms. The van der Waals surface area contributed by atoms with Gasteiger partial charge in [-0.25, -0.2) is 8.42 Å². The maximum atomic E-state index is 12.4. The minimum atomic E-state index is -3.69. The Balaban J connectivity index is 2.32. The largest absolute Gasteiger partial charge is 0.493 e. The summed E-state index contributed by atoms with van der Waals surface area (Å²) in [6, 6.07) is 4.73. The molecular formula is C12H17NO5S. The first kappa shape index (κ1) is 14.3. The molecule has 0 bridgehead atoms. The number of benzene rings is 1. The molecule has 0 unspecified atom stereocenters. The van der Waals surface area contributed by atoms with Crippen molar-refractivity contribution in [1.29, 1.82) is 0 Å². The minimum Gasteiger partial charge on any atom is -0.493 e. The van der Waals surface area contributed by atoms with Gasteiger partial charge >= 0.3 is 0 Å². The highest BCUT2D eigenvalue weighted by atomic mass is 32.2. The normalized spacial score (nSPS) is 14.5. The van der Waals surface area contributed by atoms with E-state index >= 15 is 0 Å². The summed E-state index contributed by atoms with van der Waals surface area (Å²) in [5, 5.41) is 17.8. The van der Waals surface area contributed by atoms with Crippen LogP contribution in [0.5, 0.6) is 5.75 Å². The molecule has 1 aliphatic heterocycles. The summed E-state index contributed by atoms with van der Waals surface area (Å²) >= 11 is 0. The summed E-state index contributed by atoms with van der Waals surface area (Å²) in [6.07, 6.45) is 0.693. The smallest absolute Gasteiger partial charge is 0.243 e. The summed E-state index contributed by atoms with van der Waals surface area (Å²) in [6.45, 7) is -0.0661. The van der Waals surface area contributed by atoms with E-state index in [-0.39, 0.29) is 31.2 Å². The third-order valence-electron chi connectivity index (χ3n) is 3.00. The Hall–Kier alpha value is -1.15. The van der Waals surface area contributed by atoms with Crippen molar-refractivity contribution in [2.24, 2.45) is 0 Å². The van der Waals surface area contributed by atoms with Crippen molar-refractivity contribution < 1.29 is 23.4 Å². The summed E-state index contributed by atoms with van der Waals surface area (Å²) in [5.74, 6) is 0.717. The topological polar surface area (TPSA) is 87.1 Å². The maximum absolute atomic E-state index is 12.4. The predicted molar refractivity (Wildman–Crippen MR) is 68.6 cm³/mol. The molecule has 0 amide bonds. The molecule has 0 aliphatic carbocycles. The van der Waals surface area contributed by atoms with Crippen molar-refractivity contribution in [3.8, 4) is 5.75 Å². The fraction of sp³-hybridized carbons (Fsp3) is 0.500. The van der Waals surface area contributed by atoms with Crippen LogP contribution in [0, 0.1) is 0 Å². The first-order chi connectivity index (χ1) is 9.09. The van der Waals surface area contributed by atoms with Gasteiger partial charge in [0.2, 0.25) is 10.0 Å². The van der Waals surface area contributed by atoms with Crippen molar-refractivity contribution in [2.45, 2.75) is 11.3 Å². The number of ether oxygens (including phenoxy) is 1. The van der Waals surface area contributed by atoms with Crippen LogP contribution >= 0.6 is 0 Å². The van der Waals surface area contributed by atoms with Gasteiger partial charge in [-0.2, -0.15) is 4.31 Å². The van der Waals surface area contributed by atoms with Gasteiger partial charge in [0.25, 0.3) is 0 Å². The van der Waals surface area contributed by atoms with E-state index in [4.69, 9.17) is 14.9 Å². The van der Waals surface area contributed by atoms with Crippen LogP contribution in [0.3, 0.4) is 0 Å². The number of sulfonamides is 1. The summed E-state index contributed by atoms with van der Waals surface area (Å²) in [4.78, 5) is 0.165. The number of aliphatic hydroxyl groups excluding tert-OH is 2. The number of hydrogen-bond donors (Lipinski definition) is 2. The average Bonchev–Trinajstić information content (AvgIpc) is 2.85. The fourth-order valence-electron chi connectivity index (χ4n) is 2.05. The zero-order valence-electron chi connectivity index (χ0n) is 10.4. The van der Waals surface area contributed by atoms with Gasteiger partial charge in [0, 0.05) is 19.5 Å². The van der Waals surface area contributed by atoms with Crippen LogP contribution in [0.15, 0.2) is 23.1 Å². The van der Waals surface area contributed by atoms with Crippen LogP contribution in [0.4, 0.5) is 0 Å². The summed E-state index contributed by atoms with van der Waals surface area (Å²) in [5.41, 5.74) is 0.869. The Morgan fingerprint density at radius 3 is 2.53 bits per heavy atom. The third-order valence-corrected chi connectivity index (χ3v) is 4.89. The molecule has 19 heavy (non-hydrogen) atoms. The predicted octanol–water partition coefficient (Wildman–Crippen LogP) is -0.403. The lowest BCUT2D eigenvalue weighted by Gasteiger charge is -2.20. The second kappa shape index (κ2) is 5.87. The second-order valence-electron chi connectivity index (χ2n) is 4.22. The highest BCUT2D eigenvalue weighted by Crippen LogP contribution is 2.28. The van der Waals surface area contributed by atoms with E-state index in [1.807, 2.05) is 0 Å². The average molecular weight is 287 g/mol. The molecule has 1 aromatic carbocycles. The SMILES string of the molecule is O=S(=O)(c1ccc2c(c1)CCO2)N(CCO)CCO. The van der Waals surface area contributed by atoms with Gasteiger partial charge in [-0.15, -0.1) is 0 Å². The first-order valence-corrected chi connectivity index (χ1v) is 7.51. The molecule has 2 rings (SSSR count). The highest BCUT2D eigenvalue weighted by Gasteiger charge is 2.25. The van der Waals surface area contributed by atoms with Crippen molar-refractivity contribution in [1.82, 2.24) is 4.31 Å². The van der Waals surface area contributed by atoms with Gasteiger partial charge in [-0.1, -0.05) is 0 Å². The van der Waals surface area contributed by atoms with Gasteiger partial charge in [-0.05, 0) is 23.8 Å². The molecule has 7 heteroatoms. The van der Waals surface area contributed by atoms with E-state index in [1.165, 1.54) is 6.07 Å². The van der Waals surface area contributed by atoms with Crippen molar-refractivity contribution in [2.75, 3.05) is 32.9 Å². The van der Waals surface area contributed by atoms with E-state index in [1.54, 1.807) is 12.1 Å². The van der Waals surface area contributed by atoms with Gasteiger partial charge < -0.3 is 14.9 Å². The Morgan fingerprint density at radius 2 is 1.89 bits per heavy atom. The van der Waals surface area contributed by atoms with Gasteiger partial charge in [0.15, 0.2) is 0 Å². The van der Waals surface area contributed by atoms with E-state index in [0.717, 1.165) is 15.6 Å². The lowest BCUT2D eigenvalue weighted by Crippen LogP contribution is -2.35. The number of hydrogen-bond acceptors (Lipinski definition) is 5. The fourth-order valence-corrected chi connectivity index (χ4v) is 3.52. The van der Waals surface area contributed by atoms with Crippen molar-refractivity contribution in [3.05, 3.63) is 23.8 Å². The quantitative estimate of drug-likeness (QED) is 0.743. The second-order valence-corrected chi connectivity index (χ2v) is 6.16. The van der Waals surface area contributed by atoms with Crippen LogP contribution in [0.25, 0.3) is 0 Å². The molecule has 0 fully saturated rings. The van der Waals surface area contributed by atoms with E-state index < -0.39 is 10.0 Å². The number of rotatable bonds is 6. The maximum Gasteiger partial charge on any atom is 0.243 e. The number of nitrogens with zero attached hydrogens (tertiary/aromatic N) is 1. The van der Waals surface area contributed by atoms with Crippen LogP contribution < -0.4 is 4.74 Å². The number of aliphatic hydroxyl groups is 2. The molecule has 0 atom stereocenters. The molecule has 1 aliphatic rings. The van der Waals surface area contributed by atoms with Gasteiger partial charge in [0.05, 0.1) is 24.7 Å². The Morgan fingerprint density at radius 1 is 1.21 bits per heavy atom. The molecule has 2 N–H and O–H groups in total. The van der Waals surface area contributed by atoms with Crippen LogP contribution in [0.2, 0.25) is 0 Å². The van der Waals surface area contributed by atoms with Crippen LogP contribution in [-0.2, 0) is 16.4 Å². The molecular weight excluding hydrogens is 270 g/mol. The molecule has 1 aromatic rings. The molecule has 0 aromatic heterocycles. The molecule has 1 heterocycles. The standard InChI is InChI=1S/C12H17NO5S/c14-6-4-13(5-7-15)19(16,17)11-1-2-12-10(9-11)3-8-18-12/h1-2,9,14-15H,3-8H2. The monoisotopic (exact) mass is 287 g/mol. The molecule has 106 valence electrons. The summed E-state index contributed by atoms with van der Waals surface area (Å²) in [7, 11) is -3.69. The van der Waals surface area contributed by atoms with Crippen LogP contribution in [0.1, 0.15) is 5.56 Å². The Labute approximate surface area is 112 Å². The molecule has 6 nitrogen and oxygen atoms in total. The van der Waals surface area contributed by atoms with Gasteiger partial charge in [-0.3, -0.25) is 0 Å². The Kier molecular flexibility index (Phi) is 4.41. The van der Waals surface area contributed by atoms with Crippen molar-refractivity contribution in [3.63, 3.8) is 0 Å². The zero-order chi connectivity index (χ0) is 13.9. The van der Waals surface area contributed by atoms with E-state index in [2.05, 4.69) is 0 Å². The lowest BCUT2D eigenvalue weighted by atomic mass is 10.2. The lowest BCUT2D eigenvalue weighted by molar-refractivity contribution is 0.217. The number of fused-ring (bicyclic) bond motifs is 1. The Bertz CT molecular complexity index is 537. The summed E-state index contributed by atoms with van der Waals surface area (Å²) < 4.78 is 31.2. The van der Waals surface area contributed by atoms with Crippen molar-refractivity contribution >= 4 is 10.0 Å². The molecule has 0 radical (unpaired) electrons. The molecule has 0 saturated heterocycles. The molecule has 0 saturated carbocycles. The van der Waals surface area contributed by atoms with Crippen LogP contribution in [-0.4, -0.2) is 55.8 Å². The zero-order valence-corrected chi connectivity index (χ0v) is 11.3. The van der Waals surface area contributed by atoms with E-state index in [9.17, 15) is 8.42 Å². The third kappa shape index (κ3) is 2.89. The van der Waals surface area contributed by atoms with Gasteiger partial charge in [0.1, 0.15) is 5.75 Å². The first-order valence-electron chi connectivity index (χ1n) is 6.07. The highest BCUT2D eigenvalue weighted by molar-refractivity contribution is 7.89. The minimum absolute atomic E-state index is 0.0313.